The fourth-order valence-corrected chi connectivity index (χ4v) is 7.13. The van der Waals surface area contributed by atoms with Crippen LogP contribution in [0.3, 0.4) is 0 Å². The lowest BCUT2D eigenvalue weighted by atomic mass is 9.74. The van der Waals surface area contributed by atoms with Gasteiger partial charge in [-0.1, -0.05) is 67.3 Å². The lowest BCUT2D eigenvalue weighted by Crippen LogP contribution is -2.56. The third-order valence-electron chi connectivity index (χ3n) is 8.79. The van der Waals surface area contributed by atoms with Crippen molar-refractivity contribution in [2.45, 2.75) is 62.3 Å². The van der Waals surface area contributed by atoms with Crippen LogP contribution in [0.15, 0.2) is 60.7 Å². The van der Waals surface area contributed by atoms with Crippen LogP contribution in [0.4, 0.5) is 5.69 Å². The summed E-state index contributed by atoms with van der Waals surface area (Å²) in [7, 11) is 1.56. The van der Waals surface area contributed by atoms with Gasteiger partial charge >= 0.3 is 0 Å². The highest BCUT2D eigenvalue weighted by Crippen LogP contribution is 2.55. The molecule has 3 unspecified atom stereocenters. The summed E-state index contributed by atoms with van der Waals surface area (Å²) in [6.45, 7) is 0.287. The van der Waals surface area contributed by atoms with E-state index in [1.54, 1.807) is 36.3 Å². The Balaban J connectivity index is 1.29. The van der Waals surface area contributed by atoms with Crippen molar-refractivity contribution < 1.29 is 23.9 Å². The number of anilines is 1. The van der Waals surface area contributed by atoms with Crippen molar-refractivity contribution in [3.8, 4) is 5.75 Å². The van der Waals surface area contributed by atoms with Crippen LogP contribution in [0, 0.1) is 11.8 Å². The predicted molar refractivity (Wildman–Crippen MR) is 151 cm³/mol. The Labute approximate surface area is 239 Å². The maximum Gasteiger partial charge on any atom is 0.246 e. The number of benzene rings is 2. The van der Waals surface area contributed by atoms with E-state index in [2.05, 4.69) is 10.6 Å². The fourth-order valence-electron chi connectivity index (χ4n) is 6.90. The molecule has 0 aromatic heterocycles. The van der Waals surface area contributed by atoms with Crippen molar-refractivity contribution in [2.75, 3.05) is 19.0 Å². The van der Waals surface area contributed by atoms with Gasteiger partial charge in [-0.05, 0) is 43.0 Å². The summed E-state index contributed by atoms with van der Waals surface area (Å²) in [6.07, 6.45) is 8.73. The predicted octanol–water partition coefficient (Wildman–Crippen LogP) is 4.13. The second-order valence-electron chi connectivity index (χ2n) is 11.1. The van der Waals surface area contributed by atoms with Crippen LogP contribution in [0.5, 0.6) is 5.75 Å². The Morgan fingerprint density at radius 3 is 2.67 bits per heavy atom. The number of methoxy groups -OCH3 is 1. The van der Waals surface area contributed by atoms with Gasteiger partial charge in [0.2, 0.25) is 17.7 Å². The Morgan fingerprint density at radius 1 is 1.10 bits per heavy atom. The summed E-state index contributed by atoms with van der Waals surface area (Å²) in [5.41, 5.74) is 0.265. The number of hydrogen-bond donors (Lipinski definition) is 2. The van der Waals surface area contributed by atoms with Crippen molar-refractivity contribution in [3.05, 3.63) is 71.3 Å². The van der Waals surface area contributed by atoms with Gasteiger partial charge in [-0.3, -0.25) is 14.4 Å². The van der Waals surface area contributed by atoms with Gasteiger partial charge in [0.05, 0.1) is 25.0 Å². The number of amides is 3. The second kappa shape index (κ2) is 10.9. The Bertz CT molecular complexity index is 1340. The molecular formula is C31H34ClN3O5. The molecule has 1 saturated carbocycles. The topological polar surface area (TPSA) is 97.0 Å². The number of halogens is 1. The monoisotopic (exact) mass is 563 g/mol. The third-order valence-corrected chi connectivity index (χ3v) is 9.16. The first kappa shape index (κ1) is 26.8. The number of likely N-dealkylation sites (tertiary alicyclic amines) is 1. The first-order valence-electron chi connectivity index (χ1n) is 14.1. The second-order valence-corrected chi connectivity index (χ2v) is 11.5. The van der Waals surface area contributed by atoms with Crippen molar-refractivity contribution in [3.63, 3.8) is 0 Å². The highest BCUT2D eigenvalue weighted by atomic mass is 35.5. The SMILES string of the molecule is COc1cccc(NC(=O)C2[C@@H]3C=CC4(O3)C(C(=O)NC3CCCCC3)N(CCc3ccccc3Cl)C(=O)[C@H]24)c1. The molecule has 2 bridgehead atoms. The van der Waals surface area contributed by atoms with E-state index in [1.165, 1.54) is 6.42 Å². The largest absolute Gasteiger partial charge is 0.497 e. The highest BCUT2D eigenvalue weighted by Gasteiger charge is 2.72. The van der Waals surface area contributed by atoms with Gasteiger partial charge < -0.3 is 25.0 Å². The summed E-state index contributed by atoms with van der Waals surface area (Å²) in [5, 5.41) is 6.78. The summed E-state index contributed by atoms with van der Waals surface area (Å²) < 4.78 is 11.7. The van der Waals surface area contributed by atoms with Crippen molar-refractivity contribution in [1.29, 1.82) is 0 Å². The number of carbonyl (C=O) groups is 3. The molecule has 2 N–H and O–H groups in total. The zero-order valence-corrected chi connectivity index (χ0v) is 23.2. The average molecular weight is 564 g/mol. The molecule has 2 saturated heterocycles. The molecule has 40 heavy (non-hydrogen) atoms. The molecular weight excluding hydrogens is 530 g/mol. The molecule has 210 valence electrons. The van der Waals surface area contributed by atoms with Crippen molar-refractivity contribution in [1.82, 2.24) is 10.2 Å². The zero-order chi connectivity index (χ0) is 27.9. The Morgan fingerprint density at radius 2 is 1.90 bits per heavy atom. The molecule has 1 spiro atoms. The van der Waals surface area contributed by atoms with E-state index in [9.17, 15) is 14.4 Å². The van der Waals surface area contributed by atoms with Gasteiger partial charge in [0.25, 0.3) is 0 Å². The van der Waals surface area contributed by atoms with Crippen LogP contribution < -0.4 is 15.4 Å². The van der Waals surface area contributed by atoms with E-state index in [1.807, 2.05) is 36.4 Å². The van der Waals surface area contributed by atoms with Gasteiger partial charge in [-0.25, -0.2) is 0 Å². The standard InChI is InChI=1S/C31H34ClN3O5/c1-39-22-12-7-11-21(18-22)34-28(36)25-24-14-16-31(40-24)26(25)30(38)35(17-15-19-8-5-6-13-23(19)32)27(31)29(37)33-20-9-3-2-4-10-20/h5-8,11-14,16,18,20,24-27H,2-4,9-10,15,17H2,1H3,(H,33,37)(H,34,36)/t24-,25?,26-,27?,31?/m0/s1. The molecule has 2 aromatic rings. The van der Waals surface area contributed by atoms with Crippen molar-refractivity contribution >= 4 is 35.0 Å². The highest BCUT2D eigenvalue weighted by molar-refractivity contribution is 6.31. The maximum atomic E-state index is 14.2. The number of rotatable bonds is 8. The lowest BCUT2D eigenvalue weighted by molar-refractivity contribution is -0.141. The number of ether oxygens (including phenoxy) is 2. The first-order valence-corrected chi connectivity index (χ1v) is 14.5. The van der Waals surface area contributed by atoms with Crippen LogP contribution in [0.1, 0.15) is 37.7 Å². The minimum Gasteiger partial charge on any atom is -0.497 e. The van der Waals surface area contributed by atoms with Crippen LogP contribution in [-0.4, -0.2) is 60.1 Å². The van der Waals surface area contributed by atoms with Crippen LogP contribution >= 0.6 is 11.6 Å². The number of nitrogens with one attached hydrogen (secondary N) is 2. The number of nitrogens with zero attached hydrogens (tertiary/aromatic N) is 1. The summed E-state index contributed by atoms with van der Waals surface area (Å²) in [5.74, 6) is -1.74. The van der Waals surface area contributed by atoms with Gasteiger partial charge in [0.1, 0.15) is 17.4 Å². The number of fused-ring (bicyclic) bond motifs is 1. The van der Waals surface area contributed by atoms with E-state index in [0.717, 1.165) is 31.2 Å². The van der Waals surface area contributed by atoms with E-state index in [0.29, 0.717) is 22.9 Å². The average Bonchev–Trinajstić information content (AvgIpc) is 3.60. The maximum absolute atomic E-state index is 14.2. The van der Waals surface area contributed by atoms with Crippen molar-refractivity contribution in [2.24, 2.45) is 11.8 Å². The number of hydrogen-bond acceptors (Lipinski definition) is 5. The zero-order valence-electron chi connectivity index (χ0n) is 22.5. The third kappa shape index (κ3) is 4.67. The lowest BCUT2D eigenvalue weighted by Gasteiger charge is -2.34. The number of carbonyl (C=O) groups excluding carboxylic acids is 3. The van der Waals surface area contributed by atoms with E-state index >= 15 is 0 Å². The van der Waals surface area contributed by atoms with E-state index < -0.39 is 29.6 Å². The molecule has 8 nitrogen and oxygen atoms in total. The molecule has 3 heterocycles. The minimum atomic E-state index is -1.20. The molecule has 5 atom stereocenters. The van der Waals surface area contributed by atoms with E-state index in [-0.39, 0.29) is 30.3 Å². The normalized spacial score (nSPS) is 28.9. The van der Waals surface area contributed by atoms with Gasteiger partial charge in [-0.2, -0.15) is 0 Å². The Hall–Kier alpha value is -3.36. The Kier molecular flexibility index (Phi) is 7.31. The minimum absolute atomic E-state index is 0.0759. The molecule has 6 rings (SSSR count). The molecule has 3 fully saturated rings. The molecule has 2 aromatic carbocycles. The first-order chi connectivity index (χ1) is 19.4. The van der Waals surface area contributed by atoms with Crippen LogP contribution in [0.2, 0.25) is 5.02 Å². The molecule has 1 aliphatic carbocycles. The van der Waals surface area contributed by atoms with Crippen LogP contribution in [0.25, 0.3) is 0 Å². The summed E-state index contributed by atoms with van der Waals surface area (Å²) in [4.78, 5) is 43.4. The van der Waals surface area contributed by atoms with E-state index in [4.69, 9.17) is 21.1 Å². The summed E-state index contributed by atoms with van der Waals surface area (Å²) in [6, 6.07) is 13.8. The quantitative estimate of drug-likeness (QED) is 0.471. The van der Waals surface area contributed by atoms with Gasteiger partial charge in [-0.15, -0.1) is 0 Å². The molecule has 3 aliphatic heterocycles. The smallest absolute Gasteiger partial charge is 0.246 e. The molecule has 4 aliphatic rings. The summed E-state index contributed by atoms with van der Waals surface area (Å²) >= 11 is 6.41. The van der Waals surface area contributed by atoms with Gasteiger partial charge in [0, 0.05) is 29.4 Å². The van der Waals surface area contributed by atoms with Gasteiger partial charge in [0.15, 0.2) is 0 Å². The molecule has 9 heteroatoms. The molecule has 0 radical (unpaired) electrons. The molecule has 3 amide bonds. The van der Waals surface area contributed by atoms with Crippen LogP contribution in [-0.2, 0) is 25.5 Å². The fraction of sp³-hybridized carbons (Fsp3) is 0.452.